The van der Waals surface area contributed by atoms with Crippen molar-refractivity contribution >= 4 is 0 Å². The zero-order chi connectivity index (χ0) is 9.30. The van der Waals surface area contributed by atoms with E-state index in [1.54, 1.807) is 6.92 Å². The van der Waals surface area contributed by atoms with Gasteiger partial charge in [0, 0.05) is 7.11 Å². The molecule has 0 saturated carbocycles. The van der Waals surface area contributed by atoms with Crippen LogP contribution in [0.3, 0.4) is 0 Å². The van der Waals surface area contributed by atoms with Crippen molar-refractivity contribution in [2.45, 2.75) is 37.6 Å². The first-order valence-corrected chi connectivity index (χ1v) is 3.88. The number of aliphatic hydroxyl groups is 2. The second-order valence-electron chi connectivity index (χ2n) is 3.00. The quantitative estimate of drug-likeness (QED) is 0.450. The van der Waals surface area contributed by atoms with Gasteiger partial charge in [0.2, 0.25) is 0 Å². The molecule has 0 amide bonds. The van der Waals surface area contributed by atoms with E-state index in [2.05, 4.69) is 0 Å². The van der Waals surface area contributed by atoms with Crippen molar-refractivity contribution in [3.63, 3.8) is 0 Å². The van der Waals surface area contributed by atoms with Gasteiger partial charge in [0.15, 0.2) is 6.29 Å². The Bertz CT molecular complexity index is 150. The van der Waals surface area contributed by atoms with Gasteiger partial charge in [0.05, 0.1) is 12.1 Å². The van der Waals surface area contributed by atoms with Crippen molar-refractivity contribution in [2.24, 2.45) is 5.73 Å². The average molecular weight is 177 g/mol. The largest absolute Gasteiger partial charge is 0.388 e. The van der Waals surface area contributed by atoms with Crippen LogP contribution in [-0.4, -0.2) is 48.0 Å². The van der Waals surface area contributed by atoms with Crippen LogP contribution in [0, 0.1) is 0 Å². The molecule has 72 valence electrons. The Morgan fingerprint density at radius 3 is 2.42 bits per heavy atom. The van der Waals surface area contributed by atoms with Crippen LogP contribution >= 0.6 is 0 Å². The second kappa shape index (κ2) is 3.68. The molecule has 5 heteroatoms. The Hall–Kier alpha value is -0.200. The first-order chi connectivity index (χ1) is 5.57. The Labute approximate surface area is 71.1 Å². The van der Waals surface area contributed by atoms with Gasteiger partial charge in [0.1, 0.15) is 12.2 Å². The molecule has 1 heterocycles. The van der Waals surface area contributed by atoms with Gasteiger partial charge in [-0.15, -0.1) is 0 Å². The fourth-order valence-electron chi connectivity index (χ4n) is 1.26. The Morgan fingerprint density at radius 2 is 1.92 bits per heavy atom. The van der Waals surface area contributed by atoms with Gasteiger partial charge >= 0.3 is 0 Å². The predicted molar refractivity (Wildman–Crippen MR) is 41.3 cm³/mol. The summed E-state index contributed by atoms with van der Waals surface area (Å²) in [6, 6.07) is -0.693. The van der Waals surface area contributed by atoms with Gasteiger partial charge in [-0.1, -0.05) is 0 Å². The minimum Gasteiger partial charge on any atom is -0.388 e. The third-order valence-corrected chi connectivity index (χ3v) is 2.12. The van der Waals surface area contributed by atoms with Crippen molar-refractivity contribution in [1.29, 1.82) is 0 Å². The highest BCUT2D eigenvalue weighted by molar-refractivity contribution is 4.89. The molecule has 1 aliphatic heterocycles. The zero-order valence-electron chi connectivity index (χ0n) is 7.18. The highest BCUT2D eigenvalue weighted by Crippen LogP contribution is 2.19. The van der Waals surface area contributed by atoms with E-state index in [1.165, 1.54) is 7.11 Å². The molecule has 12 heavy (non-hydrogen) atoms. The highest BCUT2D eigenvalue weighted by atomic mass is 16.7. The minimum atomic E-state index is -0.987. The maximum Gasteiger partial charge on any atom is 0.175 e. The first kappa shape index (κ1) is 9.88. The summed E-state index contributed by atoms with van der Waals surface area (Å²) >= 11 is 0. The van der Waals surface area contributed by atoms with E-state index in [-0.39, 0.29) is 0 Å². The maximum absolute atomic E-state index is 9.38. The van der Waals surface area contributed by atoms with E-state index in [0.717, 1.165) is 0 Å². The third-order valence-electron chi connectivity index (χ3n) is 2.12. The molecule has 5 nitrogen and oxygen atoms in total. The third kappa shape index (κ3) is 1.60. The lowest BCUT2D eigenvalue weighted by molar-refractivity contribution is -0.246. The summed E-state index contributed by atoms with van der Waals surface area (Å²) in [5, 5.41) is 18.7. The van der Waals surface area contributed by atoms with Crippen LogP contribution in [0.1, 0.15) is 6.92 Å². The zero-order valence-corrected chi connectivity index (χ0v) is 7.18. The molecule has 0 bridgehead atoms. The molecule has 0 aromatic heterocycles. The van der Waals surface area contributed by atoms with Crippen molar-refractivity contribution in [1.82, 2.24) is 0 Å². The number of hydrogen-bond donors (Lipinski definition) is 3. The predicted octanol–water partition coefficient (Wildman–Crippen LogP) is -1.57. The number of rotatable bonds is 1. The summed E-state index contributed by atoms with van der Waals surface area (Å²) in [7, 11) is 1.45. The number of hydrogen-bond acceptors (Lipinski definition) is 5. The molecule has 1 fully saturated rings. The van der Waals surface area contributed by atoms with E-state index in [0.29, 0.717) is 0 Å². The number of methoxy groups -OCH3 is 1. The summed E-state index contributed by atoms with van der Waals surface area (Å²) in [5.74, 6) is 0. The number of aliphatic hydroxyl groups excluding tert-OH is 2. The van der Waals surface area contributed by atoms with Gasteiger partial charge in [0.25, 0.3) is 0 Å². The number of nitrogens with two attached hydrogens (primary N) is 1. The molecular formula is C7H15NO4. The molecule has 5 atom stereocenters. The molecule has 0 aromatic carbocycles. The number of ether oxygens (including phenoxy) is 2. The van der Waals surface area contributed by atoms with Crippen molar-refractivity contribution in [2.75, 3.05) is 7.11 Å². The van der Waals surface area contributed by atoms with Crippen LogP contribution in [0.25, 0.3) is 0 Å². The van der Waals surface area contributed by atoms with Gasteiger partial charge < -0.3 is 25.4 Å². The van der Waals surface area contributed by atoms with Gasteiger partial charge in [-0.25, -0.2) is 0 Å². The van der Waals surface area contributed by atoms with Crippen LogP contribution in [0.15, 0.2) is 0 Å². The SMILES string of the molecule is COC1OC(C)C(O)C(O)C1N. The van der Waals surface area contributed by atoms with E-state index in [4.69, 9.17) is 15.2 Å². The highest BCUT2D eigenvalue weighted by Gasteiger charge is 2.40. The Kier molecular flexibility index (Phi) is 3.03. The Morgan fingerprint density at radius 1 is 1.33 bits per heavy atom. The molecule has 0 radical (unpaired) electrons. The van der Waals surface area contributed by atoms with Crippen LogP contribution in [0.4, 0.5) is 0 Å². The molecule has 0 spiro atoms. The smallest absolute Gasteiger partial charge is 0.175 e. The van der Waals surface area contributed by atoms with Crippen molar-refractivity contribution < 1.29 is 19.7 Å². The normalized spacial score (nSPS) is 49.2. The minimum absolute atomic E-state index is 0.454. The lowest BCUT2D eigenvalue weighted by Crippen LogP contribution is -2.60. The summed E-state index contributed by atoms with van der Waals surface area (Å²) in [6.45, 7) is 1.66. The molecule has 5 unspecified atom stereocenters. The van der Waals surface area contributed by atoms with Crippen LogP contribution in [0.5, 0.6) is 0 Å². The average Bonchev–Trinajstić information content (AvgIpc) is 2.08. The summed E-state index contributed by atoms with van der Waals surface area (Å²) in [6.07, 6.45) is -3.02. The van der Waals surface area contributed by atoms with E-state index >= 15 is 0 Å². The standard InChI is InChI=1S/C7H15NO4/c1-3-5(9)6(10)4(8)7(11-2)12-3/h3-7,9-10H,8H2,1-2H3. The topological polar surface area (TPSA) is 84.9 Å². The van der Waals surface area contributed by atoms with Crippen molar-refractivity contribution in [3.8, 4) is 0 Å². The molecule has 0 aliphatic carbocycles. The molecule has 1 saturated heterocycles. The fraction of sp³-hybridized carbons (Fsp3) is 1.00. The lowest BCUT2D eigenvalue weighted by Gasteiger charge is -2.39. The second-order valence-corrected chi connectivity index (χ2v) is 3.00. The van der Waals surface area contributed by atoms with E-state index < -0.39 is 30.6 Å². The monoisotopic (exact) mass is 177 g/mol. The molecule has 0 aromatic rings. The lowest BCUT2D eigenvalue weighted by atomic mass is 9.98. The summed E-state index contributed by atoms with van der Waals surface area (Å²) in [4.78, 5) is 0. The fourth-order valence-corrected chi connectivity index (χ4v) is 1.26. The maximum atomic E-state index is 9.38. The molecular weight excluding hydrogens is 162 g/mol. The van der Waals surface area contributed by atoms with Gasteiger partial charge in [-0.2, -0.15) is 0 Å². The first-order valence-electron chi connectivity index (χ1n) is 3.88. The summed E-state index contributed by atoms with van der Waals surface area (Å²) < 4.78 is 10.0. The molecule has 4 N–H and O–H groups in total. The van der Waals surface area contributed by atoms with Gasteiger partial charge in [-0.05, 0) is 6.92 Å². The van der Waals surface area contributed by atoms with Crippen LogP contribution < -0.4 is 5.73 Å². The van der Waals surface area contributed by atoms with Crippen LogP contribution in [-0.2, 0) is 9.47 Å². The van der Waals surface area contributed by atoms with Crippen molar-refractivity contribution in [3.05, 3.63) is 0 Å². The summed E-state index contributed by atoms with van der Waals surface area (Å²) in [5.41, 5.74) is 5.53. The van der Waals surface area contributed by atoms with E-state index in [9.17, 15) is 10.2 Å². The van der Waals surface area contributed by atoms with Gasteiger partial charge in [-0.3, -0.25) is 0 Å². The van der Waals surface area contributed by atoms with E-state index in [1.807, 2.05) is 0 Å². The van der Waals surface area contributed by atoms with Crippen LogP contribution in [0.2, 0.25) is 0 Å². The molecule has 1 aliphatic rings. The molecule has 1 rings (SSSR count). The Balaban J connectivity index is 2.63.